The van der Waals surface area contributed by atoms with E-state index in [0.29, 0.717) is 11.3 Å². The first-order valence-electron chi connectivity index (χ1n) is 11.5. The topological polar surface area (TPSA) is 113 Å². The van der Waals surface area contributed by atoms with E-state index in [9.17, 15) is 9.59 Å². The number of benzene rings is 2. The Morgan fingerprint density at radius 1 is 1.19 bits per heavy atom. The Morgan fingerprint density at radius 3 is 2.51 bits per heavy atom. The normalized spacial score (nSPS) is 16.5. The van der Waals surface area contributed by atoms with E-state index in [4.69, 9.17) is 31.5 Å². The van der Waals surface area contributed by atoms with Gasteiger partial charge in [0.2, 0.25) is 0 Å². The summed E-state index contributed by atoms with van der Waals surface area (Å²) < 4.78 is 32.7. The van der Waals surface area contributed by atoms with Crippen molar-refractivity contribution < 1.29 is 28.2 Å². The molecule has 8 nitrogen and oxygen atoms in total. The number of halogens is 2. The smallest absolute Gasteiger partial charge is 0.407 e. The standard InChI is InChI=1S/C27H27ClFN3O5/c1-26(2,3)32-25(34)36-14-27(15-8-6-5-7-9-15)12-16-19(37-27)11-10-18(28)20(16)21-17(23(30)33)13-31-24(35-4)22(21)29/h5-11,13H,12,14H2,1-4H3,(H2,30,33)(H,32,34). The lowest BCUT2D eigenvalue weighted by atomic mass is 9.86. The number of amides is 2. The van der Waals surface area contributed by atoms with Crippen molar-refractivity contribution in [3.63, 3.8) is 0 Å². The predicted molar refractivity (Wildman–Crippen MR) is 136 cm³/mol. The van der Waals surface area contributed by atoms with Crippen LogP contribution in [0.5, 0.6) is 11.6 Å². The van der Waals surface area contributed by atoms with E-state index in [1.165, 1.54) is 7.11 Å². The lowest BCUT2D eigenvalue weighted by Crippen LogP contribution is -2.44. The van der Waals surface area contributed by atoms with Gasteiger partial charge >= 0.3 is 6.09 Å². The third-order valence-electron chi connectivity index (χ3n) is 5.90. The minimum absolute atomic E-state index is 0.139. The fourth-order valence-corrected chi connectivity index (χ4v) is 4.58. The molecule has 3 N–H and O–H groups in total. The predicted octanol–water partition coefficient (Wildman–Crippen LogP) is 5.00. The molecular formula is C27H27ClFN3O5. The van der Waals surface area contributed by atoms with Gasteiger partial charge in [-0.2, -0.15) is 0 Å². The van der Waals surface area contributed by atoms with Gasteiger partial charge in [-0.15, -0.1) is 0 Å². The molecule has 4 rings (SSSR count). The number of methoxy groups -OCH3 is 1. The number of hydrogen-bond acceptors (Lipinski definition) is 6. The van der Waals surface area contributed by atoms with Crippen molar-refractivity contribution in [1.29, 1.82) is 0 Å². The first kappa shape index (κ1) is 26.2. The average molecular weight is 528 g/mol. The summed E-state index contributed by atoms with van der Waals surface area (Å²) in [5.74, 6) is -1.68. The van der Waals surface area contributed by atoms with Crippen LogP contribution in [0.4, 0.5) is 9.18 Å². The number of rotatable bonds is 6. The first-order valence-corrected chi connectivity index (χ1v) is 11.9. The van der Waals surface area contributed by atoms with Crippen LogP contribution in [-0.4, -0.2) is 36.2 Å². The Bertz CT molecular complexity index is 1360. The van der Waals surface area contributed by atoms with E-state index in [-0.39, 0.29) is 40.6 Å². The summed E-state index contributed by atoms with van der Waals surface area (Å²) in [5.41, 5.74) is 5.10. The van der Waals surface area contributed by atoms with Crippen LogP contribution in [0.25, 0.3) is 11.1 Å². The number of hydrogen-bond donors (Lipinski definition) is 2. The van der Waals surface area contributed by atoms with Crippen molar-refractivity contribution in [2.24, 2.45) is 5.73 Å². The van der Waals surface area contributed by atoms with E-state index < -0.39 is 29.0 Å². The highest BCUT2D eigenvalue weighted by atomic mass is 35.5. The van der Waals surface area contributed by atoms with E-state index in [1.54, 1.807) is 12.1 Å². The lowest BCUT2D eigenvalue weighted by Gasteiger charge is -2.30. The number of carbonyl (C=O) groups excluding carboxylic acids is 2. The SMILES string of the molecule is COc1ncc(C(N)=O)c(-c2c(Cl)ccc3c2CC(COC(=O)NC(C)(C)C)(c2ccccc2)O3)c1F. The lowest BCUT2D eigenvalue weighted by molar-refractivity contribution is 0.0102. The van der Waals surface area contributed by atoms with Crippen LogP contribution in [0.15, 0.2) is 48.7 Å². The zero-order valence-electron chi connectivity index (χ0n) is 20.9. The van der Waals surface area contributed by atoms with Gasteiger partial charge in [-0.25, -0.2) is 14.2 Å². The molecule has 1 aromatic heterocycles. The Morgan fingerprint density at radius 2 is 1.89 bits per heavy atom. The second kappa shape index (κ2) is 9.89. The number of primary amides is 1. The fraction of sp³-hybridized carbons (Fsp3) is 0.296. The molecule has 194 valence electrons. The third kappa shape index (κ3) is 5.17. The summed E-state index contributed by atoms with van der Waals surface area (Å²) in [7, 11) is 1.26. The number of ether oxygens (including phenoxy) is 3. The fourth-order valence-electron chi connectivity index (χ4n) is 4.31. The summed E-state index contributed by atoms with van der Waals surface area (Å²) in [4.78, 5) is 28.6. The molecule has 2 heterocycles. The van der Waals surface area contributed by atoms with Gasteiger partial charge in [0.25, 0.3) is 11.8 Å². The van der Waals surface area contributed by atoms with Gasteiger partial charge < -0.3 is 25.3 Å². The number of aromatic nitrogens is 1. The maximum Gasteiger partial charge on any atom is 0.407 e. The summed E-state index contributed by atoms with van der Waals surface area (Å²) in [6.45, 7) is 5.37. The van der Waals surface area contributed by atoms with Crippen molar-refractivity contribution in [2.75, 3.05) is 13.7 Å². The molecule has 0 bridgehead atoms. The van der Waals surface area contributed by atoms with Crippen LogP contribution in [0, 0.1) is 5.82 Å². The molecule has 2 amide bonds. The first-order chi connectivity index (χ1) is 17.5. The van der Waals surface area contributed by atoms with Crippen LogP contribution in [0.2, 0.25) is 5.02 Å². The molecule has 1 unspecified atom stereocenters. The van der Waals surface area contributed by atoms with Gasteiger partial charge in [0, 0.05) is 39.9 Å². The maximum absolute atomic E-state index is 15.6. The zero-order valence-corrected chi connectivity index (χ0v) is 21.6. The molecule has 1 aliphatic rings. The number of carbonyl (C=O) groups is 2. The Hall–Kier alpha value is -3.85. The maximum atomic E-state index is 15.6. The highest BCUT2D eigenvalue weighted by Crippen LogP contribution is 2.49. The molecule has 3 aromatic rings. The molecular weight excluding hydrogens is 501 g/mol. The average Bonchev–Trinajstić information content (AvgIpc) is 3.22. The number of nitrogens with zero attached hydrogens (tertiary/aromatic N) is 1. The Balaban J connectivity index is 1.84. The summed E-state index contributed by atoms with van der Waals surface area (Å²) >= 11 is 6.59. The molecule has 0 fully saturated rings. The van der Waals surface area contributed by atoms with E-state index in [2.05, 4.69) is 10.3 Å². The largest absolute Gasteiger partial charge is 0.479 e. The molecule has 0 spiro atoms. The van der Waals surface area contributed by atoms with Crippen molar-refractivity contribution in [3.05, 3.63) is 76.2 Å². The number of nitrogens with one attached hydrogen (secondary N) is 1. The molecule has 1 aliphatic heterocycles. The summed E-state index contributed by atoms with van der Waals surface area (Å²) in [6, 6.07) is 12.4. The highest BCUT2D eigenvalue weighted by molar-refractivity contribution is 6.34. The Kier molecular flexibility index (Phi) is 7.01. The quantitative estimate of drug-likeness (QED) is 0.466. The van der Waals surface area contributed by atoms with Gasteiger partial charge in [0.15, 0.2) is 11.4 Å². The van der Waals surface area contributed by atoms with Crippen LogP contribution < -0.4 is 20.5 Å². The number of pyridine rings is 1. The molecule has 0 saturated heterocycles. The third-order valence-corrected chi connectivity index (χ3v) is 6.21. The van der Waals surface area contributed by atoms with E-state index >= 15 is 4.39 Å². The van der Waals surface area contributed by atoms with E-state index in [1.807, 2.05) is 51.1 Å². The van der Waals surface area contributed by atoms with Gasteiger partial charge in [-0.3, -0.25) is 4.79 Å². The second-order valence-electron chi connectivity index (χ2n) is 9.72. The zero-order chi connectivity index (χ0) is 27.0. The van der Waals surface area contributed by atoms with Gasteiger partial charge in [-0.1, -0.05) is 41.9 Å². The van der Waals surface area contributed by atoms with Crippen LogP contribution in [0.3, 0.4) is 0 Å². The van der Waals surface area contributed by atoms with Gasteiger partial charge in [0.05, 0.1) is 12.7 Å². The monoisotopic (exact) mass is 527 g/mol. The number of fused-ring (bicyclic) bond motifs is 1. The van der Waals surface area contributed by atoms with Crippen LogP contribution in [0.1, 0.15) is 42.3 Å². The van der Waals surface area contributed by atoms with Crippen molar-refractivity contribution in [2.45, 2.75) is 38.3 Å². The van der Waals surface area contributed by atoms with Crippen LogP contribution >= 0.6 is 11.6 Å². The van der Waals surface area contributed by atoms with Crippen LogP contribution in [-0.2, 0) is 16.8 Å². The van der Waals surface area contributed by atoms with Crippen molar-refractivity contribution in [3.8, 4) is 22.8 Å². The minimum Gasteiger partial charge on any atom is -0.479 e. The van der Waals surface area contributed by atoms with E-state index in [0.717, 1.165) is 11.8 Å². The highest BCUT2D eigenvalue weighted by Gasteiger charge is 2.45. The number of alkyl carbamates (subject to hydrolysis) is 1. The summed E-state index contributed by atoms with van der Waals surface area (Å²) in [6.07, 6.45) is 0.699. The molecule has 10 heteroatoms. The molecule has 0 saturated carbocycles. The van der Waals surface area contributed by atoms with Gasteiger partial charge in [0.1, 0.15) is 12.4 Å². The molecule has 37 heavy (non-hydrogen) atoms. The number of nitrogens with two attached hydrogens (primary N) is 1. The van der Waals surface area contributed by atoms with Gasteiger partial charge in [-0.05, 0) is 38.5 Å². The summed E-state index contributed by atoms with van der Waals surface area (Å²) in [5, 5.41) is 2.93. The van der Waals surface area contributed by atoms with Crippen molar-refractivity contribution in [1.82, 2.24) is 10.3 Å². The molecule has 1 atom stereocenters. The molecule has 2 aromatic carbocycles. The van der Waals surface area contributed by atoms with Crippen molar-refractivity contribution >= 4 is 23.6 Å². The second-order valence-corrected chi connectivity index (χ2v) is 10.1. The minimum atomic E-state index is -1.14. The molecule has 0 radical (unpaired) electrons. The molecule has 0 aliphatic carbocycles. The Labute approximate surface area is 218 Å².